The summed E-state index contributed by atoms with van der Waals surface area (Å²) in [6.07, 6.45) is 0. The number of nitrogens with zero attached hydrogens (tertiary/aromatic N) is 1. The molecule has 0 radical (unpaired) electrons. The van der Waals surface area contributed by atoms with Crippen molar-refractivity contribution in [2.75, 3.05) is 19.4 Å². The van der Waals surface area contributed by atoms with E-state index in [-0.39, 0.29) is 10.8 Å². The van der Waals surface area contributed by atoms with Gasteiger partial charge >= 0.3 is 0 Å². The van der Waals surface area contributed by atoms with Crippen LogP contribution >= 0.6 is 0 Å². The van der Waals surface area contributed by atoms with Crippen LogP contribution in [0.15, 0.2) is 29.2 Å². The second kappa shape index (κ2) is 5.47. The molecule has 100 valence electrons. The van der Waals surface area contributed by atoms with Crippen LogP contribution in [0.1, 0.15) is 6.92 Å². The maximum atomic E-state index is 11.9. The number of hydrogen-bond acceptors (Lipinski definition) is 4. The molecule has 1 aromatic rings. The molecule has 0 fully saturated rings. The molecule has 0 aliphatic carbocycles. The van der Waals surface area contributed by atoms with E-state index in [9.17, 15) is 13.2 Å². The van der Waals surface area contributed by atoms with Crippen LogP contribution in [0.3, 0.4) is 0 Å². The molecule has 1 unspecified atom stereocenters. The number of nitrogens with one attached hydrogen (secondary N) is 1. The second-order valence-corrected chi connectivity index (χ2v) is 6.25. The summed E-state index contributed by atoms with van der Waals surface area (Å²) in [5, 5.41) is 2.55. The molecule has 0 aliphatic heterocycles. The molecule has 0 aromatic heterocycles. The molecule has 7 heteroatoms. The summed E-state index contributed by atoms with van der Waals surface area (Å²) in [6.45, 7) is 1.55. The number of anilines is 1. The fraction of sp³-hybridized carbons (Fsp3) is 0.364. The highest BCUT2D eigenvalue weighted by Gasteiger charge is 2.17. The normalized spacial score (nSPS) is 13.4. The van der Waals surface area contributed by atoms with Crippen LogP contribution in [0.25, 0.3) is 0 Å². The van der Waals surface area contributed by atoms with Crippen molar-refractivity contribution in [1.29, 1.82) is 0 Å². The van der Waals surface area contributed by atoms with Gasteiger partial charge in [-0.2, -0.15) is 0 Å². The van der Waals surface area contributed by atoms with Crippen molar-refractivity contribution in [3.63, 3.8) is 0 Å². The Kier molecular flexibility index (Phi) is 4.44. The first-order valence-electron chi connectivity index (χ1n) is 5.34. The van der Waals surface area contributed by atoms with Crippen molar-refractivity contribution in [1.82, 2.24) is 4.31 Å². The zero-order chi connectivity index (χ0) is 13.9. The Morgan fingerprint density at radius 2 is 2.00 bits per heavy atom. The van der Waals surface area contributed by atoms with E-state index in [0.29, 0.717) is 5.69 Å². The predicted molar refractivity (Wildman–Crippen MR) is 69.6 cm³/mol. The van der Waals surface area contributed by atoms with E-state index >= 15 is 0 Å². The molecule has 1 rings (SSSR count). The molecule has 6 nitrogen and oxygen atoms in total. The molecule has 0 saturated carbocycles. The van der Waals surface area contributed by atoms with Gasteiger partial charge in [-0.05, 0) is 25.1 Å². The molecule has 1 amide bonds. The lowest BCUT2D eigenvalue weighted by atomic mass is 10.3. The van der Waals surface area contributed by atoms with Gasteiger partial charge in [-0.25, -0.2) is 12.7 Å². The fourth-order valence-corrected chi connectivity index (χ4v) is 2.15. The smallest absolute Gasteiger partial charge is 0.242 e. The first kappa shape index (κ1) is 14.6. The van der Waals surface area contributed by atoms with Gasteiger partial charge in [0.05, 0.1) is 10.9 Å². The summed E-state index contributed by atoms with van der Waals surface area (Å²) in [5.74, 6) is -0.366. The predicted octanol–water partition coefficient (Wildman–Crippen LogP) is 0.223. The van der Waals surface area contributed by atoms with E-state index in [2.05, 4.69) is 5.32 Å². The quantitative estimate of drug-likeness (QED) is 0.819. The molecule has 0 aliphatic rings. The van der Waals surface area contributed by atoms with Crippen molar-refractivity contribution in [2.45, 2.75) is 17.9 Å². The maximum absolute atomic E-state index is 11.9. The zero-order valence-corrected chi connectivity index (χ0v) is 11.4. The summed E-state index contributed by atoms with van der Waals surface area (Å²) in [7, 11) is -0.611. The highest BCUT2D eigenvalue weighted by atomic mass is 32.2. The van der Waals surface area contributed by atoms with E-state index in [0.717, 1.165) is 4.31 Å². The minimum atomic E-state index is -3.50. The standard InChI is InChI=1S/C11H17N3O3S/c1-8(12)11(15)13-9-5-4-6-10(7-9)18(16,17)14(2)3/h4-8H,12H2,1-3H3,(H,13,15). The Bertz CT molecular complexity index is 538. The molecule has 18 heavy (non-hydrogen) atoms. The number of carbonyl (C=O) groups excluding carboxylic acids is 1. The van der Waals surface area contributed by atoms with Crippen LogP contribution in [-0.2, 0) is 14.8 Å². The van der Waals surface area contributed by atoms with Gasteiger partial charge in [0, 0.05) is 19.8 Å². The van der Waals surface area contributed by atoms with Gasteiger partial charge in [-0.15, -0.1) is 0 Å². The summed E-state index contributed by atoms with van der Waals surface area (Å²) < 4.78 is 24.9. The largest absolute Gasteiger partial charge is 0.325 e. The number of rotatable bonds is 4. The topological polar surface area (TPSA) is 92.5 Å². The Labute approximate surface area is 107 Å². The molecular weight excluding hydrogens is 254 g/mol. The first-order valence-corrected chi connectivity index (χ1v) is 6.78. The summed E-state index contributed by atoms with van der Waals surface area (Å²) in [6, 6.07) is 5.38. The van der Waals surface area contributed by atoms with Crippen LogP contribution in [-0.4, -0.2) is 38.8 Å². The van der Waals surface area contributed by atoms with Gasteiger partial charge in [-0.1, -0.05) is 6.07 Å². The Hall–Kier alpha value is -1.44. The Balaban J connectivity index is 3.04. The van der Waals surface area contributed by atoms with E-state index in [1.54, 1.807) is 19.1 Å². The molecule has 1 aromatic carbocycles. The minimum Gasteiger partial charge on any atom is -0.325 e. The zero-order valence-electron chi connectivity index (χ0n) is 10.5. The van der Waals surface area contributed by atoms with E-state index < -0.39 is 16.1 Å². The summed E-state index contributed by atoms with van der Waals surface area (Å²) >= 11 is 0. The van der Waals surface area contributed by atoms with E-state index in [4.69, 9.17) is 5.73 Å². The number of nitrogens with two attached hydrogens (primary N) is 1. The van der Waals surface area contributed by atoms with Crippen LogP contribution < -0.4 is 11.1 Å². The third kappa shape index (κ3) is 3.28. The van der Waals surface area contributed by atoms with Crippen LogP contribution in [0, 0.1) is 0 Å². The average molecular weight is 271 g/mol. The van der Waals surface area contributed by atoms with Crippen LogP contribution in [0.2, 0.25) is 0 Å². The number of benzene rings is 1. The van der Waals surface area contributed by atoms with E-state index in [1.807, 2.05) is 0 Å². The van der Waals surface area contributed by atoms with Crippen molar-refractivity contribution in [3.8, 4) is 0 Å². The lowest BCUT2D eigenvalue weighted by molar-refractivity contribution is -0.117. The average Bonchev–Trinajstić information content (AvgIpc) is 2.28. The third-order valence-corrected chi connectivity index (χ3v) is 4.10. The molecule has 1 atom stereocenters. The summed E-state index contributed by atoms with van der Waals surface area (Å²) in [4.78, 5) is 11.5. The lowest BCUT2D eigenvalue weighted by Gasteiger charge is -2.13. The monoisotopic (exact) mass is 271 g/mol. The number of amides is 1. The third-order valence-electron chi connectivity index (χ3n) is 2.29. The maximum Gasteiger partial charge on any atom is 0.242 e. The molecule has 0 spiro atoms. The minimum absolute atomic E-state index is 0.120. The number of carbonyl (C=O) groups is 1. The lowest BCUT2D eigenvalue weighted by Crippen LogP contribution is -2.32. The van der Waals surface area contributed by atoms with Gasteiger partial charge in [0.15, 0.2) is 0 Å². The summed E-state index contributed by atoms with van der Waals surface area (Å²) in [5.41, 5.74) is 5.82. The SMILES string of the molecule is CC(N)C(=O)Nc1cccc(S(=O)(=O)N(C)C)c1. The fourth-order valence-electron chi connectivity index (χ4n) is 1.20. The van der Waals surface area contributed by atoms with Crippen molar-refractivity contribution < 1.29 is 13.2 Å². The van der Waals surface area contributed by atoms with Crippen LogP contribution in [0.5, 0.6) is 0 Å². The highest BCUT2D eigenvalue weighted by molar-refractivity contribution is 7.89. The Morgan fingerprint density at radius 3 is 2.50 bits per heavy atom. The molecule has 3 N–H and O–H groups in total. The molecular formula is C11H17N3O3S. The molecule has 0 bridgehead atoms. The van der Waals surface area contributed by atoms with Gasteiger partial charge in [0.25, 0.3) is 0 Å². The van der Waals surface area contributed by atoms with Crippen LogP contribution in [0.4, 0.5) is 5.69 Å². The number of sulfonamides is 1. The molecule has 0 heterocycles. The van der Waals surface area contributed by atoms with Crippen molar-refractivity contribution in [3.05, 3.63) is 24.3 Å². The van der Waals surface area contributed by atoms with Crippen molar-refractivity contribution in [2.24, 2.45) is 5.73 Å². The molecule has 0 saturated heterocycles. The Morgan fingerprint density at radius 1 is 1.39 bits per heavy atom. The first-order chi connectivity index (χ1) is 8.25. The van der Waals surface area contributed by atoms with Gasteiger partial charge < -0.3 is 11.1 Å². The van der Waals surface area contributed by atoms with Gasteiger partial charge in [-0.3, -0.25) is 4.79 Å². The van der Waals surface area contributed by atoms with Gasteiger partial charge in [0.1, 0.15) is 0 Å². The van der Waals surface area contributed by atoms with Gasteiger partial charge in [0.2, 0.25) is 15.9 Å². The second-order valence-electron chi connectivity index (χ2n) is 4.09. The van der Waals surface area contributed by atoms with Crippen molar-refractivity contribution >= 4 is 21.6 Å². The van der Waals surface area contributed by atoms with E-state index in [1.165, 1.54) is 26.2 Å². The number of hydrogen-bond donors (Lipinski definition) is 2. The highest BCUT2D eigenvalue weighted by Crippen LogP contribution is 2.17.